The van der Waals surface area contributed by atoms with Crippen LogP contribution in [0.2, 0.25) is 0 Å². The molecule has 1 fully saturated rings. The van der Waals surface area contributed by atoms with Gasteiger partial charge in [0.1, 0.15) is 0 Å². The van der Waals surface area contributed by atoms with Crippen molar-refractivity contribution >= 4 is 11.9 Å². The van der Waals surface area contributed by atoms with Gasteiger partial charge in [-0.25, -0.2) is 0 Å². The maximum absolute atomic E-state index is 12.3. The first-order chi connectivity index (χ1) is 9.55. The smallest absolute Gasteiger partial charge is 0.323 e. The molecule has 0 unspecified atom stereocenters. The summed E-state index contributed by atoms with van der Waals surface area (Å²) in [7, 11) is 0. The fraction of sp³-hybridized carbons (Fsp3) is 0.625. The third kappa shape index (κ3) is 3.11. The summed E-state index contributed by atoms with van der Waals surface area (Å²) >= 11 is 0. The molecule has 0 aliphatic heterocycles. The van der Waals surface area contributed by atoms with Gasteiger partial charge in [-0.05, 0) is 45.4 Å². The van der Waals surface area contributed by atoms with Gasteiger partial charge in [-0.1, -0.05) is 18.2 Å². The van der Waals surface area contributed by atoms with Crippen molar-refractivity contribution in [3.63, 3.8) is 0 Å². The zero-order chi connectivity index (χ0) is 15.2. The number of allylic oxidation sites excluding steroid dienone is 3. The van der Waals surface area contributed by atoms with E-state index in [9.17, 15) is 9.59 Å². The monoisotopic (exact) mass is 280 g/mol. The minimum atomic E-state index is -1.19. The first-order valence-electron chi connectivity index (χ1n) is 7.15. The van der Waals surface area contributed by atoms with Gasteiger partial charge < -0.3 is 9.47 Å². The van der Waals surface area contributed by atoms with Crippen LogP contribution < -0.4 is 0 Å². The van der Waals surface area contributed by atoms with Crippen molar-refractivity contribution in [3.8, 4) is 0 Å². The van der Waals surface area contributed by atoms with Crippen molar-refractivity contribution in [1.82, 2.24) is 0 Å². The van der Waals surface area contributed by atoms with E-state index in [1.54, 1.807) is 13.8 Å². The Morgan fingerprint density at radius 1 is 1.15 bits per heavy atom. The van der Waals surface area contributed by atoms with E-state index >= 15 is 0 Å². The third-order valence-electron chi connectivity index (χ3n) is 3.79. The highest BCUT2D eigenvalue weighted by Crippen LogP contribution is 2.48. The number of carbonyl (C=O) groups is 2. The Morgan fingerprint density at radius 2 is 1.65 bits per heavy atom. The Hall–Kier alpha value is -1.58. The fourth-order valence-corrected chi connectivity index (χ4v) is 2.86. The van der Waals surface area contributed by atoms with Crippen LogP contribution in [0.15, 0.2) is 24.8 Å². The van der Waals surface area contributed by atoms with Crippen LogP contribution in [0.25, 0.3) is 0 Å². The molecule has 0 saturated heterocycles. The second kappa shape index (κ2) is 7.27. The molecule has 20 heavy (non-hydrogen) atoms. The molecule has 2 atom stereocenters. The van der Waals surface area contributed by atoms with Gasteiger partial charge in [0.15, 0.2) is 5.41 Å². The van der Waals surface area contributed by atoms with Crippen molar-refractivity contribution in [3.05, 3.63) is 24.8 Å². The van der Waals surface area contributed by atoms with Gasteiger partial charge in [-0.15, -0.1) is 6.58 Å². The average Bonchev–Trinajstić information content (AvgIpc) is 2.80. The summed E-state index contributed by atoms with van der Waals surface area (Å²) < 4.78 is 10.2. The van der Waals surface area contributed by atoms with Crippen LogP contribution in [0.4, 0.5) is 0 Å². The zero-order valence-corrected chi connectivity index (χ0v) is 12.6. The predicted octanol–water partition coefficient (Wildman–Crippen LogP) is 2.89. The number of hydrogen-bond donors (Lipinski definition) is 0. The highest BCUT2D eigenvalue weighted by atomic mass is 16.6. The highest BCUT2D eigenvalue weighted by molar-refractivity contribution is 6.00. The summed E-state index contributed by atoms with van der Waals surface area (Å²) in [4.78, 5) is 24.6. The number of carbonyl (C=O) groups excluding carboxylic acids is 2. The molecular weight excluding hydrogens is 256 g/mol. The Bertz CT molecular complexity index is 379. The number of hydrogen-bond acceptors (Lipinski definition) is 4. The molecular formula is C16H24O4. The van der Waals surface area contributed by atoms with Crippen molar-refractivity contribution < 1.29 is 19.1 Å². The maximum atomic E-state index is 12.3. The molecule has 112 valence electrons. The van der Waals surface area contributed by atoms with E-state index in [0.29, 0.717) is 12.8 Å². The molecule has 0 aromatic carbocycles. The topological polar surface area (TPSA) is 52.6 Å². The maximum Gasteiger partial charge on any atom is 0.323 e. The van der Waals surface area contributed by atoms with Crippen molar-refractivity contribution in [2.45, 2.75) is 33.6 Å². The molecule has 0 aromatic heterocycles. The Morgan fingerprint density at radius 3 is 2.05 bits per heavy atom. The van der Waals surface area contributed by atoms with Crippen molar-refractivity contribution in [1.29, 1.82) is 0 Å². The normalized spacial score (nSPS) is 24.6. The minimum absolute atomic E-state index is 0.0833. The molecule has 4 heteroatoms. The molecule has 0 radical (unpaired) electrons. The molecule has 0 bridgehead atoms. The van der Waals surface area contributed by atoms with Gasteiger partial charge in [-0.3, -0.25) is 9.59 Å². The second-order valence-electron chi connectivity index (χ2n) is 5.02. The Balaban J connectivity index is 3.10. The number of esters is 2. The van der Waals surface area contributed by atoms with Gasteiger partial charge in [0.25, 0.3) is 0 Å². The lowest BCUT2D eigenvalue weighted by Gasteiger charge is -2.24. The van der Waals surface area contributed by atoms with Crippen LogP contribution >= 0.6 is 0 Å². The van der Waals surface area contributed by atoms with Gasteiger partial charge in [0.2, 0.25) is 0 Å². The highest BCUT2D eigenvalue weighted by Gasteiger charge is 2.56. The average molecular weight is 280 g/mol. The predicted molar refractivity (Wildman–Crippen MR) is 76.9 cm³/mol. The molecule has 1 saturated carbocycles. The summed E-state index contributed by atoms with van der Waals surface area (Å²) in [6, 6.07) is 0. The van der Waals surface area contributed by atoms with Crippen LogP contribution in [0.1, 0.15) is 33.6 Å². The largest absolute Gasteiger partial charge is 0.465 e. The standard InChI is InChI=1S/C16H24O4/c1-5-9-13-11-16(10-12(13)6-2,14(17)19-7-3)15(18)20-8-4/h5-6,9,12-13H,2,7-8,10-11H2,1,3-4H3/b9-5+/t12-,13-/m1/s1. The van der Waals surface area contributed by atoms with Crippen LogP contribution in [-0.4, -0.2) is 25.2 Å². The summed E-state index contributed by atoms with van der Waals surface area (Å²) in [5.41, 5.74) is -1.19. The lowest BCUT2D eigenvalue weighted by atomic mass is 9.85. The molecule has 0 aromatic rings. The van der Waals surface area contributed by atoms with Crippen molar-refractivity contribution in [2.75, 3.05) is 13.2 Å². The van der Waals surface area contributed by atoms with Gasteiger partial charge in [-0.2, -0.15) is 0 Å². The molecule has 4 nitrogen and oxygen atoms in total. The molecule has 1 rings (SSSR count). The number of rotatable bonds is 6. The Labute approximate surface area is 120 Å². The Kier molecular flexibility index (Phi) is 5.99. The lowest BCUT2D eigenvalue weighted by Crippen LogP contribution is -2.40. The fourth-order valence-electron chi connectivity index (χ4n) is 2.86. The van der Waals surface area contributed by atoms with E-state index in [1.807, 2.05) is 25.2 Å². The first kappa shape index (κ1) is 16.5. The van der Waals surface area contributed by atoms with Crippen molar-refractivity contribution in [2.24, 2.45) is 17.3 Å². The van der Waals surface area contributed by atoms with E-state index in [0.717, 1.165) is 0 Å². The SMILES string of the molecule is C=C[C@@H]1CC(C(=O)OCC)(C(=O)OCC)C[C@H]1/C=C/C. The zero-order valence-electron chi connectivity index (χ0n) is 12.6. The summed E-state index contributed by atoms with van der Waals surface area (Å²) in [5, 5.41) is 0. The van der Waals surface area contributed by atoms with E-state index in [1.165, 1.54) is 0 Å². The lowest BCUT2D eigenvalue weighted by molar-refractivity contribution is -0.171. The van der Waals surface area contributed by atoms with Gasteiger partial charge in [0, 0.05) is 0 Å². The van der Waals surface area contributed by atoms with Gasteiger partial charge in [0.05, 0.1) is 13.2 Å². The molecule has 0 spiro atoms. The number of ether oxygens (including phenoxy) is 2. The van der Waals surface area contributed by atoms with Gasteiger partial charge >= 0.3 is 11.9 Å². The molecule has 0 heterocycles. The van der Waals surface area contributed by atoms with Crippen LogP contribution in [-0.2, 0) is 19.1 Å². The third-order valence-corrected chi connectivity index (χ3v) is 3.79. The summed E-state index contributed by atoms with van der Waals surface area (Å²) in [6.07, 6.45) is 6.60. The second-order valence-corrected chi connectivity index (χ2v) is 5.02. The van der Waals surface area contributed by atoms with Crippen LogP contribution in [0.3, 0.4) is 0 Å². The molecule has 1 aliphatic carbocycles. The van der Waals surface area contributed by atoms with E-state index in [4.69, 9.17) is 9.47 Å². The quantitative estimate of drug-likeness (QED) is 0.426. The first-order valence-corrected chi connectivity index (χ1v) is 7.15. The van der Waals surface area contributed by atoms with E-state index in [-0.39, 0.29) is 25.0 Å². The molecule has 1 aliphatic rings. The molecule has 0 N–H and O–H groups in total. The summed E-state index contributed by atoms with van der Waals surface area (Å²) in [5.74, 6) is -0.749. The summed E-state index contributed by atoms with van der Waals surface area (Å²) in [6.45, 7) is 9.73. The van der Waals surface area contributed by atoms with E-state index in [2.05, 4.69) is 6.58 Å². The molecule has 0 amide bonds. The minimum Gasteiger partial charge on any atom is -0.465 e. The van der Waals surface area contributed by atoms with Crippen LogP contribution in [0, 0.1) is 17.3 Å². The van der Waals surface area contributed by atoms with Crippen LogP contribution in [0.5, 0.6) is 0 Å². The van der Waals surface area contributed by atoms with E-state index < -0.39 is 17.4 Å².